The number of furan rings is 1. The van der Waals surface area contributed by atoms with Crippen molar-refractivity contribution in [2.45, 2.75) is 33.2 Å². The van der Waals surface area contributed by atoms with Crippen molar-refractivity contribution >= 4 is 17.5 Å². The van der Waals surface area contributed by atoms with Gasteiger partial charge in [0, 0.05) is 42.7 Å². The van der Waals surface area contributed by atoms with Crippen LogP contribution in [0.1, 0.15) is 31.6 Å². The lowest BCUT2D eigenvalue weighted by atomic mass is 10.0. The van der Waals surface area contributed by atoms with E-state index in [0.717, 1.165) is 22.6 Å². The van der Waals surface area contributed by atoms with Crippen molar-refractivity contribution in [2.24, 2.45) is 5.92 Å². The van der Waals surface area contributed by atoms with E-state index >= 15 is 0 Å². The maximum Gasteiger partial charge on any atom is 0.262 e. The Kier molecular flexibility index (Phi) is 6.59. The molecule has 0 spiro atoms. The number of nitrogens with zero attached hydrogens (tertiary/aromatic N) is 1. The van der Waals surface area contributed by atoms with Crippen LogP contribution in [0.5, 0.6) is 5.75 Å². The summed E-state index contributed by atoms with van der Waals surface area (Å²) in [4.78, 5) is 26.6. The minimum absolute atomic E-state index is 0.0659. The summed E-state index contributed by atoms with van der Waals surface area (Å²) in [5.41, 5.74) is 2.60. The number of ether oxygens (including phenoxy) is 1. The lowest BCUT2D eigenvalue weighted by Crippen LogP contribution is -2.35. The summed E-state index contributed by atoms with van der Waals surface area (Å²) >= 11 is 0. The van der Waals surface area contributed by atoms with E-state index in [2.05, 4.69) is 19.2 Å². The second kappa shape index (κ2) is 9.73. The first kappa shape index (κ1) is 21.7. The highest BCUT2D eigenvalue weighted by Crippen LogP contribution is 2.31. The molecule has 0 saturated carbocycles. The number of hydrogen-bond acceptors (Lipinski definition) is 4. The standard InChI is InChI=1S/C26H28N2O4/c1-18(2)13-26(30)28-12-11-23-20(16-28)15-24(32-23)19-7-6-8-21(14-19)27-25(29)17-31-22-9-4-3-5-10-22/h3-10,14-15,18H,11-13,16-17H2,1-2H3,(H,27,29). The van der Waals surface area contributed by atoms with E-state index in [1.54, 1.807) is 0 Å². The van der Waals surface area contributed by atoms with Crippen molar-refractivity contribution in [2.75, 3.05) is 18.5 Å². The number of rotatable bonds is 7. The SMILES string of the molecule is CC(C)CC(=O)N1CCc2oc(-c3cccc(NC(=O)COc4ccccc4)c3)cc2C1. The van der Waals surface area contributed by atoms with E-state index in [0.29, 0.717) is 43.3 Å². The van der Waals surface area contributed by atoms with E-state index in [9.17, 15) is 9.59 Å². The molecule has 3 aromatic rings. The van der Waals surface area contributed by atoms with Crippen LogP contribution in [0.4, 0.5) is 5.69 Å². The Hall–Kier alpha value is -3.54. The Morgan fingerprint density at radius 1 is 1.09 bits per heavy atom. The number of anilines is 1. The number of carbonyl (C=O) groups excluding carboxylic acids is 2. The minimum Gasteiger partial charge on any atom is -0.484 e. The zero-order chi connectivity index (χ0) is 22.5. The first-order chi connectivity index (χ1) is 15.5. The fourth-order valence-corrected chi connectivity index (χ4v) is 3.78. The first-order valence-electron chi connectivity index (χ1n) is 11.0. The molecule has 0 bridgehead atoms. The van der Waals surface area contributed by atoms with Crippen LogP contribution in [0.25, 0.3) is 11.3 Å². The van der Waals surface area contributed by atoms with Gasteiger partial charge in [0.1, 0.15) is 17.3 Å². The normalized spacial score (nSPS) is 13.0. The van der Waals surface area contributed by atoms with Crippen molar-refractivity contribution in [1.29, 1.82) is 0 Å². The van der Waals surface area contributed by atoms with Crippen molar-refractivity contribution in [3.8, 4) is 17.1 Å². The van der Waals surface area contributed by atoms with Gasteiger partial charge in [-0.25, -0.2) is 0 Å². The summed E-state index contributed by atoms with van der Waals surface area (Å²) in [5, 5.41) is 2.87. The van der Waals surface area contributed by atoms with Crippen molar-refractivity contribution in [1.82, 2.24) is 4.90 Å². The molecule has 4 rings (SSSR count). The summed E-state index contributed by atoms with van der Waals surface area (Å²) in [6.45, 7) is 5.32. The van der Waals surface area contributed by atoms with Crippen LogP contribution < -0.4 is 10.1 Å². The third-order valence-corrected chi connectivity index (χ3v) is 5.35. The lowest BCUT2D eigenvalue weighted by molar-refractivity contribution is -0.133. The fraction of sp³-hybridized carbons (Fsp3) is 0.308. The van der Waals surface area contributed by atoms with Gasteiger partial charge in [-0.15, -0.1) is 0 Å². The number of nitrogens with one attached hydrogen (secondary N) is 1. The molecule has 1 N–H and O–H groups in total. The Morgan fingerprint density at radius 2 is 1.91 bits per heavy atom. The van der Waals surface area contributed by atoms with Crippen LogP contribution in [0.3, 0.4) is 0 Å². The molecule has 1 aliphatic rings. The van der Waals surface area contributed by atoms with E-state index < -0.39 is 0 Å². The third-order valence-electron chi connectivity index (χ3n) is 5.35. The molecule has 1 aliphatic heterocycles. The minimum atomic E-state index is -0.232. The van der Waals surface area contributed by atoms with Crippen molar-refractivity contribution in [3.63, 3.8) is 0 Å². The number of fused-ring (bicyclic) bond motifs is 1. The lowest BCUT2D eigenvalue weighted by Gasteiger charge is -2.26. The zero-order valence-electron chi connectivity index (χ0n) is 18.5. The predicted octanol–water partition coefficient (Wildman–Crippen LogP) is 4.89. The van der Waals surface area contributed by atoms with Gasteiger partial charge in [0.15, 0.2) is 6.61 Å². The second-order valence-electron chi connectivity index (χ2n) is 8.45. The largest absolute Gasteiger partial charge is 0.484 e. The molecule has 0 radical (unpaired) electrons. The molecule has 0 saturated heterocycles. The summed E-state index contributed by atoms with van der Waals surface area (Å²) < 4.78 is 11.6. The summed E-state index contributed by atoms with van der Waals surface area (Å²) in [7, 11) is 0. The van der Waals surface area contributed by atoms with Gasteiger partial charge in [-0.2, -0.15) is 0 Å². The van der Waals surface area contributed by atoms with Crippen molar-refractivity contribution < 1.29 is 18.7 Å². The maximum atomic E-state index is 12.4. The van der Waals surface area contributed by atoms with E-state index in [1.165, 1.54) is 0 Å². The van der Waals surface area contributed by atoms with Crippen LogP contribution in [-0.4, -0.2) is 29.9 Å². The number of hydrogen-bond donors (Lipinski definition) is 1. The number of carbonyl (C=O) groups is 2. The quantitative estimate of drug-likeness (QED) is 0.577. The molecule has 0 aliphatic carbocycles. The molecule has 0 fully saturated rings. The van der Waals surface area contributed by atoms with Crippen molar-refractivity contribution in [3.05, 3.63) is 72.0 Å². The highest BCUT2D eigenvalue weighted by Gasteiger charge is 2.24. The number of para-hydroxylation sites is 1. The molecule has 0 unspecified atom stereocenters. The molecular weight excluding hydrogens is 404 g/mol. The monoisotopic (exact) mass is 432 g/mol. The zero-order valence-corrected chi connectivity index (χ0v) is 18.5. The van der Waals surface area contributed by atoms with Gasteiger partial charge in [0.2, 0.25) is 5.91 Å². The Balaban J connectivity index is 1.40. The smallest absolute Gasteiger partial charge is 0.262 e. The molecule has 0 atom stereocenters. The highest BCUT2D eigenvalue weighted by atomic mass is 16.5. The number of amides is 2. The van der Waals surface area contributed by atoms with Gasteiger partial charge in [0.05, 0.1) is 0 Å². The number of benzene rings is 2. The van der Waals surface area contributed by atoms with Crippen LogP contribution in [0.15, 0.2) is 65.1 Å². The molecule has 2 amide bonds. The Labute approximate surface area is 188 Å². The van der Waals surface area contributed by atoms with Gasteiger partial charge >= 0.3 is 0 Å². The topological polar surface area (TPSA) is 71.8 Å². The second-order valence-corrected chi connectivity index (χ2v) is 8.45. The van der Waals surface area contributed by atoms with E-state index in [1.807, 2.05) is 65.6 Å². The highest BCUT2D eigenvalue weighted by molar-refractivity contribution is 5.92. The van der Waals surface area contributed by atoms with Gasteiger partial charge in [0.25, 0.3) is 5.91 Å². The molecule has 2 aromatic carbocycles. The molecular formula is C26H28N2O4. The molecule has 1 aromatic heterocycles. The average Bonchev–Trinajstić information content (AvgIpc) is 3.22. The van der Waals surface area contributed by atoms with Crippen LogP contribution in [-0.2, 0) is 22.6 Å². The van der Waals surface area contributed by atoms with E-state index in [-0.39, 0.29) is 18.4 Å². The summed E-state index contributed by atoms with van der Waals surface area (Å²) in [6, 6.07) is 18.8. The van der Waals surface area contributed by atoms with Crippen LogP contribution >= 0.6 is 0 Å². The van der Waals surface area contributed by atoms with Crippen LogP contribution in [0.2, 0.25) is 0 Å². The maximum absolute atomic E-state index is 12.4. The molecule has 6 heteroatoms. The average molecular weight is 433 g/mol. The van der Waals surface area contributed by atoms with Gasteiger partial charge in [-0.05, 0) is 36.2 Å². The molecule has 2 heterocycles. The Morgan fingerprint density at radius 3 is 2.69 bits per heavy atom. The molecule has 6 nitrogen and oxygen atoms in total. The van der Waals surface area contributed by atoms with Gasteiger partial charge in [-0.1, -0.05) is 44.2 Å². The van der Waals surface area contributed by atoms with Crippen LogP contribution in [0, 0.1) is 5.92 Å². The van der Waals surface area contributed by atoms with Gasteiger partial charge in [-0.3, -0.25) is 9.59 Å². The third kappa shape index (κ3) is 5.38. The van der Waals surface area contributed by atoms with E-state index in [4.69, 9.17) is 9.15 Å². The molecule has 166 valence electrons. The molecule has 32 heavy (non-hydrogen) atoms. The fourth-order valence-electron chi connectivity index (χ4n) is 3.78. The van der Waals surface area contributed by atoms with Gasteiger partial charge < -0.3 is 19.4 Å². The summed E-state index contributed by atoms with van der Waals surface area (Å²) in [6.07, 6.45) is 1.28. The predicted molar refractivity (Wildman–Crippen MR) is 123 cm³/mol. The Bertz CT molecular complexity index is 1090. The first-order valence-corrected chi connectivity index (χ1v) is 11.0. The summed E-state index contributed by atoms with van der Waals surface area (Å²) in [5.74, 6) is 2.63.